The van der Waals surface area contributed by atoms with Crippen LogP contribution in [-0.2, 0) is 16.0 Å². The van der Waals surface area contributed by atoms with Crippen molar-refractivity contribution >= 4 is 23.8 Å². The zero-order chi connectivity index (χ0) is 28.8. The van der Waals surface area contributed by atoms with Crippen LogP contribution in [0.5, 0.6) is 0 Å². The number of halogens is 1. The first-order valence-corrected chi connectivity index (χ1v) is 14.0. The molecule has 2 fully saturated rings. The Morgan fingerprint density at radius 3 is 2.33 bits per heavy atom. The van der Waals surface area contributed by atoms with Crippen LogP contribution in [0.4, 0.5) is 10.1 Å². The Bertz CT molecular complexity index is 1050. The van der Waals surface area contributed by atoms with Crippen molar-refractivity contribution in [3.8, 4) is 0 Å². The molecule has 0 bridgehead atoms. The molecule has 0 aromatic heterocycles. The largest absolute Gasteiger partial charge is 0.399 e. The normalized spacial score (nSPS) is 18.5. The highest BCUT2D eigenvalue weighted by atomic mass is 19.1. The highest BCUT2D eigenvalue weighted by Crippen LogP contribution is 2.28. The molecule has 7 nitrogen and oxygen atoms in total. The van der Waals surface area contributed by atoms with E-state index < -0.39 is 5.54 Å². The number of ketones is 1. The Hall–Kier alpha value is -3.26. The summed E-state index contributed by atoms with van der Waals surface area (Å²) in [5.74, 6) is 0.371. The van der Waals surface area contributed by atoms with E-state index in [4.69, 9.17) is 5.73 Å². The summed E-state index contributed by atoms with van der Waals surface area (Å²) in [5.41, 5.74) is 7.45. The summed E-state index contributed by atoms with van der Waals surface area (Å²) in [7, 11) is 2.07. The molecule has 2 amide bonds. The van der Waals surface area contributed by atoms with E-state index in [0.717, 1.165) is 70.3 Å². The van der Waals surface area contributed by atoms with E-state index in [0.29, 0.717) is 23.6 Å². The number of benzene rings is 2. The number of piperidine rings is 2. The summed E-state index contributed by atoms with van der Waals surface area (Å²) < 4.78 is 13.1. The molecule has 0 spiro atoms. The van der Waals surface area contributed by atoms with Gasteiger partial charge in [-0.3, -0.25) is 14.4 Å². The number of nitrogens with zero attached hydrogens (tertiary/aromatic N) is 2. The lowest BCUT2D eigenvalue weighted by Crippen LogP contribution is -2.55. The average molecular weight is 541 g/mol. The quantitative estimate of drug-likeness (QED) is 0.301. The number of carbonyl (C=O) groups excluding carboxylic acids is 3. The van der Waals surface area contributed by atoms with Gasteiger partial charge in [0.25, 0.3) is 0 Å². The average Bonchev–Trinajstić information content (AvgIpc) is 2.93. The predicted octanol–water partition coefficient (Wildman–Crippen LogP) is 4.70. The predicted molar refractivity (Wildman–Crippen MR) is 155 cm³/mol. The van der Waals surface area contributed by atoms with Gasteiger partial charge < -0.3 is 20.9 Å². The van der Waals surface area contributed by atoms with Crippen LogP contribution in [0.1, 0.15) is 68.8 Å². The molecule has 1 unspecified atom stereocenters. The van der Waals surface area contributed by atoms with E-state index in [9.17, 15) is 18.8 Å². The Morgan fingerprint density at radius 2 is 1.77 bits per heavy atom. The van der Waals surface area contributed by atoms with Crippen molar-refractivity contribution in [2.45, 2.75) is 64.8 Å². The van der Waals surface area contributed by atoms with Crippen LogP contribution in [0.2, 0.25) is 0 Å². The highest BCUT2D eigenvalue weighted by Gasteiger charge is 2.37. The molecular formula is C31H45FN4O3. The van der Waals surface area contributed by atoms with Crippen molar-refractivity contribution in [2.24, 2.45) is 5.92 Å². The zero-order valence-electron chi connectivity index (χ0n) is 23.9. The second-order valence-electron chi connectivity index (χ2n) is 10.4. The maximum absolute atomic E-state index is 13.1. The smallest absolute Gasteiger partial charge is 0.224 e. The van der Waals surface area contributed by atoms with E-state index in [1.807, 2.05) is 30.9 Å². The number of nitrogens with one attached hydrogen (secondary N) is 1. The van der Waals surface area contributed by atoms with Gasteiger partial charge in [-0.15, -0.1) is 0 Å². The van der Waals surface area contributed by atoms with E-state index >= 15 is 0 Å². The van der Waals surface area contributed by atoms with Crippen LogP contribution < -0.4 is 11.1 Å². The van der Waals surface area contributed by atoms with Gasteiger partial charge in [-0.1, -0.05) is 38.1 Å². The Kier molecular flexibility index (Phi) is 13.1. The molecule has 4 rings (SSSR count). The number of hydrogen-bond acceptors (Lipinski definition) is 5. The van der Waals surface area contributed by atoms with Gasteiger partial charge in [-0.2, -0.15) is 0 Å². The lowest BCUT2D eigenvalue weighted by Gasteiger charge is -2.42. The van der Waals surface area contributed by atoms with E-state index in [1.54, 1.807) is 24.3 Å². The minimum absolute atomic E-state index is 0.0484. The molecule has 3 N–H and O–H groups in total. The first-order valence-electron chi connectivity index (χ1n) is 14.0. The first kappa shape index (κ1) is 32.0. The molecule has 1 atom stereocenters. The number of amides is 2. The molecule has 0 aliphatic carbocycles. The first-order chi connectivity index (χ1) is 18.7. The van der Waals surface area contributed by atoms with Crippen molar-refractivity contribution < 1.29 is 18.8 Å². The third kappa shape index (κ3) is 10.4. The van der Waals surface area contributed by atoms with Gasteiger partial charge in [0.1, 0.15) is 5.82 Å². The molecular weight excluding hydrogens is 495 g/mol. The Morgan fingerprint density at radius 1 is 1.10 bits per heavy atom. The number of hydrogen-bond donors (Lipinski definition) is 2. The summed E-state index contributed by atoms with van der Waals surface area (Å²) in [6.07, 6.45) is 5.68. The van der Waals surface area contributed by atoms with Gasteiger partial charge in [0.15, 0.2) is 5.78 Å². The summed E-state index contributed by atoms with van der Waals surface area (Å²) in [6, 6.07) is 13.6. The van der Waals surface area contributed by atoms with Crippen LogP contribution in [-0.4, -0.2) is 66.7 Å². The Labute approximate surface area is 232 Å². The molecule has 0 radical (unpaired) electrons. The van der Waals surface area contributed by atoms with Crippen molar-refractivity contribution in [1.29, 1.82) is 0 Å². The fourth-order valence-electron chi connectivity index (χ4n) is 5.11. The van der Waals surface area contributed by atoms with Crippen LogP contribution in [0.25, 0.3) is 0 Å². The lowest BCUT2D eigenvalue weighted by molar-refractivity contribution is -0.135. The minimum atomic E-state index is -0.407. The molecule has 2 aliphatic heterocycles. The van der Waals surface area contributed by atoms with Crippen LogP contribution >= 0.6 is 0 Å². The van der Waals surface area contributed by atoms with Crippen molar-refractivity contribution in [2.75, 3.05) is 39.0 Å². The van der Waals surface area contributed by atoms with Crippen molar-refractivity contribution in [1.82, 2.24) is 15.1 Å². The van der Waals surface area contributed by atoms with E-state index in [2.05, 4.69) is 17.3 Å². The molecule has 39 heavy (non-hydrogen) atoms. The third-order valence-corrected chi connectivity index (χ3v) is 7.40. The van der Waals surface area contributed by atoms with Crippen LogP contribution in [0.15, 0.2) is 48.5 Å². The second kappa shape index (κ2) is 16.0. The van der Waals surface area contributed by atoms with Gasteiger partial charge in [0, 0.05) is 43.9 Å². The zero-order valence-corrected chi connectivity index (χ0v) is 23.9. The molecule has 214 valence electrons. The monoisotopic (exact) mass is 540 g/mol. The number of nitrogen functional groups attached to an aromatic ring is 1. The van der Waals surface area contributed by atoms with Crippen LogP contribution in [0, 0.1) is 11.7 Å². The standard InChI is InChI=1S/C21H30FN3O2.C8H9NO.C2H6/c1-24-11-8-21(9-12-24,23-16-26)14-20(27)25-10-2-3-18(15-25)13-17-4-6-19(22)7-5-17;1-6(10)7-3-2-4-8(9)5-7;1-2/h4-7,16,18H,2-3,8-15H2,1H3,(H,23,26);2-5H,9H2,1H3;1-2H3. The SMILES string of the molecule is CC.CC(=O)c1cccc(N)c1.CN1CCC(CC(=O)N2CCCC(Cc3ccc(F)cc3)C2)(NC=O)CC1. The molecule has 2 aromatic rings. The highest BCUT2D eigenvalue weighted by molar-refractivity contribution is 5.94. The lowest BCUT2D eigenvalue weighted by atomic mass is 9.83. The third-order valence-electron chi connectivity index (χ3n) is 7.40. The maximum Gasteiger partial charge on any atom is 0.224 e. The van der Waals surface area contributed by atoms with E-state index in [-0.39, 0.29) is 17.5 Å². The molecule has 2 saturated heterocycles. The Balaban J connectivity index is 0.000000372. The topological polar surface area (TPSA) is 95.7 Å². The van der Waals surface area contributed by atoms with Gasteiger partial charge in [-0.05, 0) is 81.8 Å². The summed E-state index contributed by atoms with van der Waals surface area (Å²) in [5, 5.41) is 2.95. The summed E-state index contributed by atoms with van der Waals surface area (Å²) in [4.78, 5) is 39.0. The second-order valence-corrected chi connectivity index (χ2v) is 10.4. The number of rotatable bonds is 7. The minimum Gasteiger partial charge on any atom is -0.399 e. The molecule has 8 heteroatoms. The molecule has 2 aromatic carbocycles. The number of likely N-dealkylation sites (tertiary alicyclic amines) is 2. The van der Waals surface area contributed by atoms with Gasteiger partial charge >= 0.3 is 0 Å². The molecule has 2 aliphatic rings. The maximum atomic E-state index is 13.1. The van der Waals surface area contributed by atoms with Gasteiger partial charge in [-0.25, -0.2) is 4.39 Å². The van der Waals surface area contributed by atoms with Crippen molar-refractivity contribution in [3.05, 3.63) is 65.5 Å². The van der Waals surface area contributed by atoms with Gasteiger partial charge in [0.2, 0.25) is 12.3 Å². The molecule has 0 saturated carbocycles. The van der Waals surface area contributed by atoms with Gasteiger partial charge in [0.05, 0.1) is 5.54 Å². The van der Waals surface area contributed by atoms with E-state index in [1.165, 1.54) is 19.1 Å². The fraction of sp³-hybridized carbons (Fsp3) is 0.516. The van der Waals surface area contributed by atoms with Crippen molar-refractivity contribution in [3.63, 3.8) is 0 Å². The number of nitrogens with two attached hydrogens (primary N) is 1. The summed E-state index contributed by atoms with van der Waals surface area (Å²) >= 11 is 0. The summed E-state index contributed by atoms with van der Waals surface area (Å²) in [6.45, 7) is 8.83. The number of anilines is 1. The number of carbonyl (C=O) groups is 3. The van der Waals surface area contributed by atoms with Crippen LogP contribution in [0.3, 0.4) is 0 Å². The number of Topliss-reactive ketones (excluding diaryl/α,β-unsaturated/α-hetero) is 1. The fourth-order valence-corrected chi connectivity index (χ4v) is 5.11. The molecule has 2 heterocycles.